The van der Waals surface area contributed by atoms with Gasteiger partial charge in [0.1, 0.15) is 12.7 Å². The van der Waals surface area contributed by atoms with Crippen LogP contribution in [0.5, 0.6) is 11.5 Å². The summed E-state index contributed by atoms with van der Waals surface area (Å²) in [5.74, 6) is 1.36. The Kier molecular flexibility index (Phi) is 5.42. The van der Waals surface area contributed by atoms with Crippen molar-refractivity contribution in [1.29, 1.82) is 0 Å². The molecule has 114 valence electrons. The number of rotatable bonds is 7. The summed E-state index contributed by atoms with van der Waals surface area (Å²) in [6.45, 7) is 4.82. The van der Waals surface area contributed by atoms with E-state index in [9.17, 15) is 5.11 Å². The fraction of sp³-hybridized carbons (Fsp3) is 0.412. The predicted molar refractivity (Wildman–Crippen MR) is 85.1 cm³/mol. The summed E-state index contributed by atoms with van der Waals surface area (Å²) in [6.07, 6.45) is -0.559. The summed E-state index contributed by atoms with van der Waals surface area (Å²) in [7, 11) is 1.62. The van der Waals surface area contributed by atoms with E-state index in [2.05, 4.69) is 5.32 Å². The Morgan fingerprint density at radius 2 is 1.90 bits per heavy atom. The molecule has 0 heterocycles. The molecule has 0 aromatic heterocycles. The predicted octanol–water partition coefficient (Wildman–Crippen LogP) is 2.59. The van der Waals surface area contributed by atoms with Crippen LogP contribution < -0.4 is 14.8 Å². The van der Waals surface area contributed by atoms with Crippen LogP contribution in [-0.2, 0) is 0 Å². The molecule has 0 aliphatic heterocycles. The lowest BCUT2D eigenvalue weighted by Gasteiger charge is -2.17. The normalized spacial score (nSPS) is 12.6. The van der Waals surface area contributed by atoms with E-state index in [-0.39, 0.29) is 6.61 Å². The van der Waals surface area contributed by atoms with Gasteiger partial charge < -0.3 is 19.9 Å². The fourth-order valence-corrected chi connectivity index (χ4v) is 2.14. The van der Waals surface area contributed by atoms with Gasteiger partial charge in [-0.2, -0.15) is 0 Å². The van der Waals surface area contributed by atoms with Crippen LogP contribution in [0.1, 0.15) is 13.8 Å². The molecule has 2 rings (SSSR count). The largest absolute Gasteiger partial charge is 0.493 e. The van der Waals surface area contributed by atoms with Gasteiger partial charge in [0, 0.05) is 18.0 Å². The van der Waals surface area contributed by atoms with Crippen LogP contribution in [0.25, 0.3) is 10.8 Å². The molecule has 2 N–H and O–H groups in total. The molecule has 2 aromatic rings. The highest BCUT2D eigenvalue weighted by Gasteiger charge is 2.12. The van der Waals surface area contributed by atoms with Crippen LogP contribution >= 0.6 is 0 Å². The first-order valence-corrected chi connectivity index (χ1v) is 7.21. The van der Waals surface area contributed by atoms with E-state index < -0.39 is 6.10 Å². The van der Waals surface area contributed by atoms with Gasteiger partial charge in [-0.15, -0.1) is 0 Å². The van der Waals surface area contributed by atoms with Crippen LogP contribution in [-0.4, -0.2) is 37.5 Å². The summed E-state index contributed by atoms with van der Waals surface area (Å²) < 4.78 is 11.2. The molecule has 0 amide bonds. The lowest BCUT2D eigenvalue weighted by Crippen LogP contribution is -2.35. The van der Waals surface area contributed by atoms with Crippen LogP contribution in [0.3, 0.4) is 0 Å². The highest BCUT2D eigenvalue weighted by molar-refractivity contribution is 5.90. The van der Waals surface area contributed by atoms with Gasteiger partial charge >= 0.3 is 0 Å². The first-order valence-electron chi connectivity index (χ1n) is 7.21. The van der Waals surface area contributed by atoms with Gasteiger partial charge in [-0.1, -0.05) is 44.2 Å². The zero-order chi connectivity index (χ0) is 15.2. The first kappa shape index (κ1) is 15.6. The number of hydrogen-bond acceptors (Lipinski definition) is 4. The molecular weight excluding hydrogens is 266 g/mol. The van der Waals surface area contributed by atoms with E-state index in [0.717, 1.165) is 10.8 Å². The molecule has 0 unspecified atom stereocenters. The third-order valence-electron chi connectivity index (χ3n) is 3.25. The second-order valence-corrected chi connectivity index (χ2v) is 5.35. The Hall–Kier alpha value is -1.78. The quantitative estimate of drug-likeness (QED) is 0.822. The van der Waals surface area contributed by atoms with Gasteiger partial charge in [-0.05, 0) is 11.5 Å². The molecule has 4 nitrogen and oxygen atoms in total. The first-order chi connectivity index (χ1) is 10.1. The number of hydrogen-bond donors (Lipinski definition) is 2. The number of nitrogens with one attached hydrogen (secondary N) is 1. The number of fused-ring (bicyclic) bond motifs is 1. The van der Waals surface area contributed by atoms with E-state index in [0.29, 0.717) is 24.1 Å². The SMILES string of the molecule is COc1ccc2ccccc2c1OC[C@@H](O)CNC(C)C. The maximum absolute atomic E-state index is 9.97. The smallest absolute Gasteiger partial charge is 0.169 e. The zero-order valence-electron chi connectivity index (χ0n) is 12.8. The lowest BCUT2D eigenvalue weighted by atomic mass is 10.1. The minimum absolute atomic E-state index is 0.226. The Morgan fingerprint density at radius 3 is 2.62 bits per heavy atom. The van der Waals surface area contributed by atoms with Crippen molar-refractivity contribution in [2.45, 2.75) is 26.0 Å². The molecule has 0 aliphatic rings. The van der Waals surface area contributed by atoms with Crippen molar-refractivity contribution in [1.82, 2.24) is 5.32 Å². The minimum Gasteiger partial charge on any atom is -0.493 e. The lowest BCUT2D eigenvalue weighted by molar-refractivity contribution is 0.104. The molecule has 0 spiro atoms. The summed E-state index contributed by atoms with van der Waals surface area (Å²) in [6, 6.07) is 12.2. The molecule has 0 aliphatic carbocycles. The molecule has 0 saturated heterocycles. The van der Waals surface area contributed by atoms with Gasteiger partial charge in [0.25, 0.3) is 0 Å². The number of aliphatic hydroxyl groups excluding tert-OH is 1. The van der Waals surface area contributed by atoms with Crippen molar-refractivity contribution in [3.8, 4) is 11.5 Å². The van der Waals surface area contributed by atoms with Crippen molar-refractivity contribution in [2.24, 2.45) is 0 Å². The molecule has 0 saturated carbocycles. The monoisotopic (exact) mass is 289 g/mol. The Balaban J connectivity index is 2.13. The van der Waals surface area contributed by atoms with Crippen LogP contribution in [0, 0.1) is 0 Å². The average Bonchev–Trinajstić information content (AvgIpc) is 2.50. The van der Waals surface area contributed by atoms with Crippen LogP contribution in [0.4, 0.5) is 0 Å². The molecule has 1 atom stereocenters. The topological polar surface area (TPSA) is 50.7 Å². The summed E-state index contributed by atoms with van der Waals surface area (Å²) >= 11 is 0. The maximum Gasteiger partial charge on any atom is 0.169 e. The summed E-state index contributed by atoms with van der Waals surface area (Å²) in [4.78, 5) is 0. The third kappa shape index (κ3) is 4.09. The Morgan fingerprint density at radius 1 is 1.14 bits per heavy atom. The average molecular weight is 289 g/mol. The number of aliphatic hydroxyl groups is 1. The van der Waals surface area contributed by atoms with E-state index in [4.69, 9.17) is 9.47 Å². The highest BCUT2D eigenvalue weighted by Crippen LogP contribution is 2.35. The van der Waals surface area contributed by atoms with Crippen LogP contribution in [0.2, 0.25) is 0 Å². The molecule has 0 fully saturated rings. The van der Waals surface area contributed by atoms with Gasteiger partial charge in [-0.3, -0.25) is 0 Å². The molecule has 0 bridgehead atoms. The number of benzene rings is 2. The molecule has 21 heavy (non-hydrogen) atoms. The van der Waals surface area contributed by atoms with Crippen LogP contribution in [0.15, 0.2) is 36.4 Å². The van der Waals surface area contributed by atoms with E-state index in [1.807, 2.05) is 50.2 Å². The van der Waals surface area contributed by atoms with Gasteiger partial charge in [0.2, 0.25) is 0 Å². The van der Waals surface area contributed by atoms with Crippen molar-refractivity contribution in [3.05, 3.63) is 36.4 Å². The molecule has 4 heteroatoms. The Bertz CT molecular complexity index is 583. The standard InChI is InChI=1S/C17H23NO3/c1-12(2)18-10-14(19)11-21-17-15-7-5-4-6-13(15)8-9-16(17)20-3/h4-9,12,14,18-19H,10-11H2,1-3H3/t14-/m0/s1. The molecular formula is C17H23NO3. The van der Waals surface area contributed by atoms with Gasteiger partial charge in [0.05, 0.1) is 7.11 Å². The van der Waals surface area contributed by atoms with Crippen molar-refractivity contribution in [3.63, 3.8) is 0 Å². The Labute approximate surface area is 125 Å². The van der Waals surface area contributed by atoms with E-state index in [1.54, 1.807) is 7.11 Å². The highest BCUT2D eigenvalue weighted by atomic mass is 16.5. The molecule has 0 radical (unpaired) electrons. The number of ether oxygens (including phenoxy) is 2. The second kappa shape index (κ2) is 7.29. The minimum atomic E-state index is -0.559. The molecule has 2 aromatic carbocycles. The summed E-state index contributed by atoms with van der Waals surface area (Å²) in [5, 5.41) is 15.2. The van der Waals surface area contributed by atoms with Crippen molar-refractivity contribution < 1.29 is 14.6 Å². The zero-order valence-corrected chi connectivity index (χ0v) is 12.8. The fourth-order valence-electron chi connectivity index (χ4n) is 2.14. The van der Waals surface area contributed by atoms with E-state index in [1.165, 1.54) is 0 Å². The van der Waals surface area contributed by atoms with Crippen molar-refractivity contribution in [2.75, 3.05) is 20.3 Å². The van der Waals surface area contributed by atoms with Crippen molar-refractivity contribution >= 4 is 10.8 Å². The summed E-state index contributed by atoms with van der Waals surface area (Å²) in [5.41, 5.74) is 0. The van der Waals surface area contributed by atoms with Gasteiger partial charge in [0.15, 0.2) is 11.5 Å². The van der Waals surface area contributed by atoms with E-state index >= 15 is 0 Å². The number of methoxy groups -OCH3 is 1. The third-order valence-corrected chi connectivity index (χ3v) is 3.25. The second-order valence-electron chi connectivity index (χ2n) is 5.35. The maximum atomic E-state index is 9.97. The van der Waals surface area contributed by atoms with Gasteiger partial charge in [-0.25, -0.2) is 0 Å².